The van der Waals surface area contributed by atoms with Gasteiger partial charge in [0.05, 0.1) is 0 Å². The van der Waals surface area contributed by atoms with Gasteiger partial charge in [-0.15, -0.1) is 0 Å². The monoisotopic (exact) mass is 295 g/mol. The summed E-state index contributed by atoms with van der Waals surface area (Å²) in [4.78, 5) is 0. The Balaban J connectivity index is 2.54. The van der Waals surface area contributed by atoms with Crippen LogP contribution in [0.5, 0.6) is 5.75 Å². The normalized spacial score (nSPS) is 22.8. The molecule has 0 saturated carbocycles. The number of hydrogen-bond acceptors (Lipinski definition) is 1. The first kappa shape index (κ1) is 8.17. The van der Waals surface area contributed by atoms with Crippen molar-refractivity contribution in [2.75, 3.05) is 0 Å². The van der Waals surface area contributed by atoms with Gasteiger partial charge in [0, 0.05) is 14.1 Å². The largest absolute Gasteiger partial charge is 0.476 e. The topological polar surface area (TPSA) is 9.23 Å². The summed E-state index contributed by atoms with van der Waals surface area (Å²) in [7, 11) is 0. The molecule has 0 saturated heterocycles. The van der Waals surface area contributed by atoms with Crippen LogP contribution in [0.2, 0.25) is 0 Å². The third-order valence-electron chi connectivity index (χ3n) is 2.10. The molecule has 1 aliphatic rings. The van der Waals surface area contributed by atoms with Gasteiger partial charge in [-0.25, -0.2) is 0 Å². The Morgan fingerprint density at radius 2 is 2.19 bits per heavy atom. The maximum absolute atomic E-state index is 12.6. The van der Waals surface area contributed by atoms with Crippen LogP contribution in [0.4, 0.5) is 13.2 Å². The highest BCUT2D eigenvalue weighted by atomic mass is 79.9. The number of halogens is 4. The van der Waals surface area contributed by atoms with Gasteiger partial charge in [0.25, 0.3) is 0 Å². The van der Waals surface area contributed by atoms with Crippen molar-refractivity contribution in [2.45, 2.75) is 19.1 Å². The number of aryl methyl sites for hydroxylation is 1. The first-order chi connectivity index (χ1) is 8.59. The predicted octanol–water partition coefficient (Wildman–Crippen LogP) is 4.09. The second-order valence-electron chi connectivity index (χ2n) is 3.31. The van der Waals surface area contributed by atoms with Crippen LogP contribution in [0.3, 0.4) is 0 Å². The summed E-state index contributed by atoms with van der Waals surface area (Å²) in [6.45, 7) is -2.55. The number of hydrogen-bond donors (Lipinski definition) is 0. The van der Waals surface area contributed by atoms with E-state index in [1.807, 2.05) is 0 Å². The molecule has 86 valence electrons. The van der Waals surface area contributed by atoms with E-state index in [-0.39, 0.29) is 11.3 Å². The standard InChI is InChI=1S/C11H8BrF3O/c1-6-4-8(12)5-7-2-3-9(11(13,14)15)16-10(6)7/h2-5,9H,1H3/i1D3. The Kier molecular flexibility index (Phi) is 1.94. The molecule has 0 radical (unpaired) electrons. The van der Waals surface area contributed by atoms with Crippen LogP contribution < -0.4 is 4.74 Å². The summed E-state index contributed by atoms with van der Waals surface area (Å²) in [5, 5.41) is 0. The van der Waals surface area contributed by atoms with Crippen molar-refractivity contribution in [3.63, 3.8) is 0 Å². The molecule has 16 heavy (non-hydrogen) atoms. The van der Waals surface area contributed by atoms with Gasteiger partial charge in [-0.05, 0) is 30.6 Å². The average molecular weight is 296 g/mol. The smallest absolute Gasteiger partial charge is 0.429 e. The Morgan fingerprint density at radius 1 is 1.44 bits per heavy atom. The fourth-order valence-electron chi connectivity index (χ4n) is 1.40. The number of alkyl halides is 3. The Labute approximate surface area is 103 Å². The van der Waals surface area contributed by atoms with E-state index in [0.29, 0.717) is 10.0 Å². The van der Waals surface area contributed by atoms with Crippen molar-refractivity contribution >= 4 is 22.0 Å². The molecule has 1 nitrogen and oxygen atoms in total. The Bertz CT molecular complexity index is 537. The lowest BCUT2D eigenvalue weighted by Gasteiger charge is -2.24. The van der Waals surface area contributed by atoms with Crippen LogP contribution in [-0.2, 0) is 0 Å². The maximum atomic E-state index is 12.6. The van der Waals surface area contributed by atoms with Gasteiger partial charge in [-0.2, -0.15) is 13.2 Å². The molecular weight excluding hydrogens is 285 g/mol. The SMILES string of the molecule is [2H]C([2H])([2H])c1cc(Br)cc2c1OC(C(F)(F)F)C=C2. The van der Waals surface area contributed by atoms with Crippen LogP contribution in [-0.4, -0.2) is 12.3 Å². The summed E-state index contributed by atoms with van der Waals surface area (Å²) in [5.41, 5.74) is 0.0662. The highest BCUT2D eigenvalue weighted by molar-refractivity contribution is 9.10. The fourth-order valence-corrected chi connectivity index (χ4v) is 1.88. The number of rotatable bonds is 0. The van der Waals surface area contributed by atoms with Crippen LogP contribution >= 0.6 is 15.9 Å². The minimum absolute atomic E-state index is 0.240. The van der Waals surface area contributed by atoms with Crippen molar-refractivity contribution < 1.29 is 22.0 Å². The highest BCUT2D eigenvalue weighted by Crippen LogP contribution is 2.36. The van der Waals surface area contributed by atoms with Crippen molar-refractivity contribution in [3.05, 3.63) is 33.8 Å². The molecule has 1 unspecified atom stereocenters. The summed E-state index contributed by atoms with van der Waals surface area (Å²) in [6.07, 6.45) is -4.62. The van der Waals surface area contributed by atoms with E-state index in [1.165, 1.54) is 18.2 Å². The first-order valence-electron chi connectivity index (χ1n) is 5.84. The second-order valence-corrected chi connectivity index (χ2v) is 4.23. The number of fused-ring (bicyclic) bond motifs is 1. The average Bonchev–Trinajstić information content (AvgIpc) is 2.24. The quantitative estimate of drug-likeness (QED) is 0.700. The van der Waals surface area contributed by atoms with E-state index >= 15 is 0 Å². The molecule has 5 heteroatoms. The zero-order valence-electron chi connectivity index (χ0n) is 10.8. The molecule has 1 aliphatic heterocycles. The lowest BCUT2D eigenvalue weighted by molar-refractivity contribution is -0.180. The molecule has 0 aliphatic carbocycles. The Morgan fingerprint density at radius 3 is 2.81 bits per heavy atom. The van der Waals surface area contributed by atoms with E-state index in [1.54, 1.807) is 0 Å². The molecule has 0 aromatic heterocycles. The third-order valence-corrected chi connectivity index (χ3v) is 2.56. The molecule has 0 amide bonds. The van der Waals surface area contributed by atoms with E-state index in [0.717, 1.165) is 6.08 Å². The second kappa shape index (κ2) is 3.80. The fraction of sp³-hybridized carbons (Fsp3) is 0.273. The van der Waals surface area contributed by atoms with Gasteiger partial charge in [-0.1, -0.05) is 22.0 Å². The zero-order chi connectivity index (χ0) is 14.4. The van der Waals surface area contributed by atoms with Crippen LogP contribution in [0.15, 0.2) is 22.7 Å². The zero-order valence-corrected chi connectivity index (χ0v) is 9.39. The summed E-state index contributed by atoms with van der Waals surface area (Å²) < 4.78 is 65.2. The van der Waals surface area contributed by atoms with E-state index < -0.39 is 19.1 Å². The van der Waals surface area contributed by atoms with Crippen molar-refractivity contribution in [3.8, 4) is 5.75 Å². The molecule has 0 N–H and O–H groups in total. The first-order valence-corrected chi connectivity index (χ1v) is 5.14. The van der Waals surface area contributed by atoms with Crippen LogP contribution in [0, 0.1) is 6.85 Å². The van der Waals surface area contributed by atoms with Crippen LogP contribution in [0.1, 0.15) is 15.2 Å². The third kappa shape index (κ3) is 2.09. The van der Waals surface area contributed by atoms with Gasteiger partial charge in [0.15, 0.2) is 0 Å². The van der Waals surface area contributed by atoms with Crippen LogP contribution in [0.25, 0.3) is 6.08 Å². The molecule has 2 rings (SSSR count). The molecule has 0 fully saturated rings. The molecule has 1 aromatic rings. The molecule has 1 heterocycles. The molecule has 0 spiro atoms. The minimum atomic E-state index is -4.58. The highest BCUT2D eigenvalue weighted by Gasteiger charge is 2.41. The minimum Gasteiger partial charge on any atom is -0.476 e. The molecule has 1 atom stereocenters. The number of benzene rings is 1. The van der Waals surface area contributed by atoms with Gasteiger partial charge in [-0.3, -0.25) is 0 Å². The Hall–Kier alpha value is -0.970. The lowest BCUT2D eigenvalue weighted by Crippen LogP contribution is -2.34. The van der Waals surface area contributed by atoms with Gasteiger partial charge >= 0.3 is 6.18 Å². The molecule has 1 aromatic carbocycles. The summed E-state index contributed by atoms with van der Waals surface area (Å²) in [6, 6.07) is 2.76. The predicted molar refractivity (Wildman–Crippen MR) is 58.4 cm³/mol. The van der Waals surface area contributed by atoms with Gasteiger partial charge < -0.3 is 4.74 Å². The van der Waals surface area contributed by atoms with E-state index in [4.69, 9.17) is 8.85 Å². The van der Waals surface area contributed by atoms with Crippen molar-refractivity contribution in [1.82, 2.24) is 0 Å². The maximum Gasteiger partial charge on any atom is 0.429 e. The van der Waals surface area contributed by atoms with Crippen molar-refractivity contribution in [1.29, 1.82) is 0 Å². The van der Waals surface area contributed by atoms with Crippen molar-refractivity contribution in [2.24, 2.45) is 0 Å². The van der Waals surface area contributed by atoms with E-state index in [9.17, 15) is 13.2 Å². The summed E-state index contributed by atoms with van der Waals surface area (Å²) in [5.74, 6) is -0.243. The molecule has 0 bridgehead atoms. The lowest BCUT2D eigenvalue weighted by atomic mass is 10.1. The summed E-state index contributed by atoms with van der Waals surface area (Å²) >= 11 is 3.13. The van der Waals surface area contributed by atoms with Gasteiger partial charge in [0.1, 0.15) is 5.75 Å². The van der Waals surface area contributed by atoms with Gasteiger partial charge in [0.2, 0.25) is 6.10 Å². The molecular formula is C11H8BrF3O. The number of ether oxygens (including phenoxy) is 1. The van der Waals surface area contributed by atoms with E-state index in [2.05, 4.69) is 15.9 Å².